The molecule has 1 aromatic carbocycles. The standard InChI is InChI=1S/C16H18BrClN2/c1-20(16-5-3-2-4-13(16)17)15-8-9-19-14-10-11(18)6-7-12(14)15/h6-10,13,16H,2-5H2,1H3. The van der Waals surface area contributed by atoms with Crippen molar-refractivity contribution >= 4 is 44.1 Å². The maximum Gasteiger partial charge on any atom is 0.0737 e. The summed E-state index contributed by atoms with van der Waals surface area (Å²) < 4.78 is 0. The van der Waals surface area contributed by atoms with Crippen LogP contribution in [0.25, 0.3) is 10.9 Å². The molecule has 1 heterocycles. The monoisotopic (exact) mass is 352 g/mol. The Hall–Kier alpha value is -0.800. The molecule has 20 heavy (non-hydrogen) atoms. The molecular formula is C16H18BrClN2. The Morgan fingerprint density at radius 1 is 1.25 bits per heavy atom. The van der Waals surface area contributed by atoms with Gasteiger partial charge >= 0.3 is 0 Å². The zero-order chi connectivity index (χ0) is 14.1. The van der Waals surface area contributed by atoms with Gasteiger partial charge in [-0.1, -0.05) is 40.4 Å². The minimum absolute atomic E-state index is 0.546. The number of rotatable bonds is 2. The second-order valence-electron chi connectivity index (χ2n) is 5.47. The van der Waals surface area contributed by atoms with Gasteiger partial charge in [-0.05, 0) is 37.1 Å². The van der Waals surface area contributed by atoms with Crippen LogP contribution in [0.15, 0.2) is 30.5 Å². The second kappa shape index (κ2) is 5.90. The van der Waals surface area contributed by atoms with E-state index in [0.29, 0.717) is 10.9 Å². The van der Waals surface area contributed by atoms with Crippen LogP contribution in [0.5, 0.6) is 0 Å². The van der Waals surface area contributed by atoms with Crippen molar-refractivity contribution in [3.05, 3.63) is 35.5 Å². The summed E-state index contributed by atoms with van der Waals surface area (Å²) in [6.45, 7) is 0. The van der Waals surface area contributed by atoms with Gasteiger partial charge in [-0.2, -0.15) is 0 Å². The molecule has 0 N–H and O–H groups in total. The molecule has 0 amide bonds. The Balaban J connectivity index is 2.00. The lowest BCUT2D eigenvalue weighted by Crippen LogP contribution is -2.40. The molecule has 1 saturated carbocycles. The average Bonchev–Trinajstić information content (AvgIpc) is 2.46. The van der Waals surface area contributed by atoms with Crippen LogP contribution < -0.4 is 4.90 Å². The lowest BCUT2D eigenvalue weighted by atomic mass is 9.93. The summed E-state index contributed by atoms with van der Waals surface area (Å²) in [5.74, 6) is 0. The van der Waals surface area contributed by atoms with Crippen LogP contribution in [-0.2, 0) is 0 Å². The number of aromatic nitrogens is 1. The molecule has 1 aliphatic carbocycles. The summed E-state index contributed by atoms with van der Waals surface area (Å²) in [6, 6.07) is 8.59. The van der Waals surface area contributed by atoms with Crippen molar-refractivity contribution in [3.8, 4) is 0 Å². The number of fused-ring (bicyclic) bond motifs is 1. The van der Waals surface area contributed by atoms with E-state index >= 15 is 0 Å². The third-order valence-corrected chi connectivity index (χ3v) is 5.51. The van der Waals surface area contributed by atoms with Crippen LogP contribution in [0, 0.1) is 0 Å². The molecule has 2 unspecified atom stereocenters. The van der Waals surface area contributed by atoms with Gasteiger partial charge < -0.3 is 4.90 Å². The summed E-state index contributed by atoms with van der Waals surface area (Å²) in [7, 11) is 2.19. The predicted molar refractivity (Wildman–Crippen MR) is 90.1 cm³/mol. The fourth-order valence-corrected chi connectivity index (χ4v) is 4.20. The molecule has 1 fully saturated rings. The molecule has 0 radical (unpaired) electrons. The number of nitrogens with zero attached hydrogens (tertiary/aromatic N) is 2. The molecule has 106 valence electrons. The summed E-state index contributed by atoms with van der Waals surface area (Å²) in [5.41, 5.74) is 2.20. The van der Waals surface area contributed by atoms with E-state index in [1.165, 1.54) is 36.8 Å². The highest BCUT2D eigenvalue weighted by atomic mass is 79.9. The number of anilines is 1. The normalized spacial score (nSPS) is 22.9. The van der Waals surface area contributed by atoms with Crippen molar-refractivity contribution in [1.29, 1.82) is 0 Å². The molecule has 2 nitrogen and oxygen atoms in total. The third kappa shape index (κ3) is 2.66. The highest BCUT2D eigenvalue weighted by Crippen LogP contribution is 2.34. The number of hydrogen-bond acceptors (Lipinski definition) is 2. The van der Waals surface area contributed by atoms with E-state index in [2.05, 4.69) is 45.0 Å². The lowest BCUT2D eigenvalue weighted by Gasteiger charge is -2.37. The zero-order valence-corrected chi connectivity index (χ0v) is 13.9. The Bertz CT molecular complexity index is 616. The Labute approximate surface area is 133 Å². The van der Waals surface area contributed by atoms with Gasteiger partial charge in [0.05, 0.1) is 5.52 Å². The molecule has 0 saturated heterocycles. The minimum Gasteiger partial charge on any atom is -0.370 e. The first-order valence-corrected chi connectivity index (χ1v) is 8.37. The van der Waals surface area contributed by atoms with Crippen molar-refractivity contribution in [3.63, 3.8) is 0 Å². The van der Waals surface area contributed by atoms with Crippen molar-refractivity contribution in [1.82, 2.24) is 4.98 Å². The zero-order valence-electron chi connectivity index (χ0n) is 11.5. The quantitative estimate of drug-likeness (QED) is 0.704. The van der Waals surface area contributed by atoms with Gasteiger partial charge in [0.2, 0.25) is 0 Å². The lowest BCUT2D eigenvalue weighted by molar-refractivity contribution is 0.444. The van der Waals surface area contributed by atoms with Gasteiger partial charge in [0.25, 0.3) is 0 Å². The summed E-state index contributed by atoms with van der Waals surface area (Å²) in [6.07, 6.45) is 7.00. The molecule has 0 spiro atoms. The smallest absolute Gasteiger partial charge is 0.0737 e. The fraction of sp³-hybridized carbons (Fsp3) is 0.438. The van der Waals surface area contributed by atoms with Gasteiger partial charge in [0, 0.05) is 40.2 Å². The SMILES string of the molecule is CN(c1ccnc2cc(Cl)ccc12)C1CCCCC1Br. The topological polar surface area (TPSA) is 16.1 Å². The Kier molecular flexibility index (Phi) is 4.18. The first kappa shape index (κ1) is 14.2. The van der Waals surface area contributed by atoms with E-state index in [9.17, 15) is 0 Å². The number of hydrogen-bond donors (Lipinski definition) is 0. The molecule has 1 aromatic heterocycles. The molecule has 2 aromatic rings. The van der Waals surface area contributed by atoms with Crippen molar-refractivity contribution in [2.45, 2.75) is 36.6 Å². The summed E-state index contributed by atoms with van der Waals surface area (Å²) >= 11 is 9.91. The van der Waals surface area contributed by atoms with Crippen LogP contribution in [0.4, 0.5) is 5.69 Å². The maximum atomic E-state index is 6.06. The highest BCUT2D eigenvalue weighted by Gasteiger charge is 2.27. The Morgan fingerprint density at radius 2 is 2.05 bits per heavy atom. The molecule has 0 bridgehead atoms. The van der Waals surface area contributed by atoms with Crippen LogP contribution in [-0.4, -0.2) is 22.9 Å². The van der Waals surface area contributed by atoms with Gasteiger partial charge in [-0.15, -0.1) is 0 Å². The third-order valence-electron chi connectivity index (χ3n) is 4.21. The predicted octanol–water partition coefficient (Wildman–Crippen LogP) is 5.03. The van der Waals surface area contributed by atoms with E-state index in [4.69, 9.17) is 11.6 Å². The Morgan fingerprint density at radius 3 is 2.85 bits per heavy atom. The largest absolute Gasteiger partial charge is 0.370 e. The summed E-state index contributed by atoms with van der Waals surface area (Å²) in [4.78, 5) is 7.39. The number of alkyl halides is 1. The average molecular weight is 354 g/mol. The van der Waals surface area contributed by atoms with E-state index in [1.54, 1.807) is 0 Å². The van der Waals surface area contributed by atoms with E-state index in [-0.39, 0.29) is 0 Å². The van der Waals surface area contributed by atoms with Crippen molar-refractivity contribution in [2.75, 3.05) is 11.9 Å². The first-order valence-electron chi connectivity index (χ1n) is 7.08. The second-order valence-corrected chi connectivity index (χ2v) is 7.08. The van der Waals surface area contributed by atoms with Crippen molar-refractivity contribution in [2.24, 2.45) is 0 Å². The molecule has 2 atom stereocenters. The molecule has 0 aliphatic heterocycles. The van der Waals surface area contributed by atoms with Crippen LogP contribution >= 0.6 is 27.5 Å². The van der Waals surface area contributed by atoms with Crippen LogP contribution in [0.2, 0.25) is 5.02 Å². The van der Waals surface area contributed by atoms with Gasteiger partial charge in [0.1, 0.15) is 0 Å². The van der Waals surface area contributed by atoms with Gasteiger partial charge in [-0.25, -0.2) is 0 Å². The highest BCUT2D eigenvalue weighted by molar-refractivity contribution is 9.09. The minimum atomic E-state index is 0.546. The maximum absolute atomic E-state index is 6.06. The molecule has 1 aliphatic rings. The van der Waals surface area contributed by atoms with E-state index < -0.39 is 0 Å². The van der Waals surface area contributed by atoms with Gasteiger partial charge in [-0.3, -0.25) is 4.98 Å². The number of benzene rings is 1. The molecule has 3 rings (SSSR count). The molecule has 4 heteroatoms. The summed E-state index contributed by atoms with van der Waals surface area (Å²) in [5, 5.41) is 1.91. The van der Waals surface area contributed by atoms with E-state index in [1.807, 2.05) is 18.3 Å². The van der Waals surface area contributed by atoms with Crippen LogP contribution in [0.1, 0.15) is 25.7 Å². The number of halogens is 2. The molecular weight excluding hydrogens is 336 g/mol. The fourth-order valence-electron chi connectivity index (χ4n) is 3.09. The number of pyridine rings is 1. The van der Waals surface area contributed by atoms with Crippen LogP contribution in [0.3, 0.4) is 0 Å². The first-order chi connectivity index (χ1) is 9.66. The van der Waals surface area contributed by atoms with E-state index in [0.717, 1.165) is 10.5 Å². The van der Waals surface area contributed by atoms with Crippen molar-refractivity contribution < 1.29 is 0 Å². The van der Waals surface area contributed by atoms with Gasteiger partial charge in [0.15, 0.2) is 0 Å².